The van der Waals surface area contributed by atoms with E-state index in [4.69, 9.17) is 1.37 Å². The molecule has 0 unspecified atom stereocenters. The summed E-state index contributed by atoms with van der Waals surface area (Å²) in [7, 11) is 0. The molecule has 0 aliphatic rings. The third kappa shape index (κ3) is 5.35. The van der Waals surface area contributed by atoms with E-state index in [1.54, 1.807) is 6.92 Å². The highest BCUT2D eigenvalue weighted by molar-refractivity contribution is 5.02. The summed E-state index contributed by atoms with van der Waals surface area (Å²) in [6.07, 6.45) is 7.06. The fourth-order valence-electron chi connectivity index (χ4n) is 0.478. The lowest BCUT2D eigenvalue weighted by molar-refractivity contribution is 0.698. The van der Waals surface area contributed by atoms with E-state index in [0.717, 1.165) is 0 Å². The molecule has 0 heterocycles. The van der Waals surface area contributed by atoms with E-state index in [0.29, 0.717) is 12.0 Å². The van der Waals surface area contributed by atoms with Crippen LogP contribution in [0.2, 0.25) is 0 Å². The summed E-state index contributed by atoms with van der Waals surface area (Å²) in [6.45, 7) is 6.11. The number of allylic oxidation sites excluding steroid dienone is 4. The van der Waals surface area contributed by atoms with Crippen LogP contribution in [-0.2, 0) is 0 Å². The maximum atomic E-state index is 7.09. The van der Waals surface area contributed by atoms with Gasteiger partial charge in [0.2, 0.25) is 0 Å². The fraction of sp³-hybridized carbons (Fsp3) is 0.556. The zero-order valence-electron chi connectivity index (χ0n) is 7.52. The highest BCUT2D eigenvalue weighted by atomic mass is 13.9. The molecule has 0 saturated heterocycles. The van der Waals surface area contributed by atoms with Crippen molar-refractivity contribution in [3.8, 4) is 0 Å². The molecule has 0 aromatic rings. The van der Waals surface area contributed by atoms with Crippen LogP contribution in [0.25, 0.3) is 0 Å². The Morgan fingerprint density at radius 3 is 2.67 bits per heavy atom. The fourth-order valence-corrected chi connectivity index (χ4v) is 0.478. The molecule has 0 rings (SSSR count). The third-order valence-electron chi connectivity index (χ3n) is 1.35. The minimum Gasteiger partial charge on any atom is -0.0877 e. The summed E-state index contributed by atoms with van der Waals surface area (Å²) in [5.41, 5.74) is 0. The molecule has 0 aromatic heterocycles. The van der Waals surface area contributed by atoms with Crippen molar-refractivity contribution >= 4 is 0 Å². The highest BCUT2D eigenvalue weighted by Gasteiger charge is 1.86. The Kier molecular flexibility index (Phi) is 4.12. The number of rotatable bonds is 3. The minimum atomic E-state index is 0.611. The molecular formula is C9H16. The number of hydrogen-bond acceptors (Lipinski definition) is 0. The van der Waals surface area contributed by atoms with E-state index in [2.05, 4.69) is 19.9 Å². The molecule has 0 aromatic carbocycles. The van der Waals surface area contributed by atoms with E-state index in [-0.39, 0.29) is 0 Å². The average molecular weight is 125 g/mol. The first-order valence-corrected chi connectivity index (χ1v) is 3.48. The summed E-state index contributed by atoms with van der Waals surface area (Å²) in [5.74, 6) is 0.635. The quantitative estimate of drug-likeness (QED) is 0.508. The van der Waals surface area contributed by atoms with E-state index in [9.17, 15) is 0 Å². The lowest BCUT2D eigenvalue weighted by atomic mass is 10.1. The van der Waals surface area contributed by atoms with Crippen molar-refractivity contribution in [2.45, 2.75) is 27.2 Å². The SMILES string of the molecule is [2H]/C(C)=C/C=C\[C@H](C)CC. The Morgan fingerprint density at radius 1 is 1.56 bits per heavy atom. The van der Waals surface area contributed by atoms with Gasteiger partial charge in [0.05, 0.1) is 1.37 Å². The van der Waals surface area contributed by atoms with E-state index in [1.165, 1.54) is 6.42 Å². The molecule has 0 saturated carbocycles. The second kappa shape index (κ2) is 5.61. The molecule has 0 spiro atoms. The van der Waals surface area contributed by atoms with Crippen molar-refractivity contribution < 1.29 is 1.37 Å². The molecule has 52 valence electrons. The zero-order chi connectivity index (χ0) is 7.98. The van der Waals surface area contributed by atoms with Crippen LogP contribution >= 0.6 is 0 Å². The van der Waals surface area contributed by atoms with Crippen molar-refractivity contribution in [2.24, 2.45) is 5.92 Å². The molecule has 0 fully saturated rings. The molecule has 0 radical (unpaired) electrons. The smallest absolute Gasteiger partial charge is 0.0573 e. The van der Waals surface area contributed by atoms with Crippen LogP contribution in [0.4, 0.5) is 0 Å². The monoisotopic (exact) mass is 125 g/mol. The van der Waals surface area contributed by atoms with E-state index >= 15 is 0 Å². The molecule has 1 atom stereocenters. The topological polar surface area (TPSA) is 0 Å². The first-order valence-electron chi connectivity index (χ1n) is 3.98. The van der Waals surface area contributed by atoms with Gasteiger partial charge in [0.1, 0.15) is 0 Å². The molecule has 0 amide bonds. The van der Waals surface area contributed by atoms with Crippen LogP contribution in [0.3, 0.4) is 0 Å². The van der Waals surface area contributed by atoms with Gasteiger partial charge in [-0.15, -0.1) is 0 Å². The molecule has 0 bridgehead atoms. The van der Waals surface area contributed by atoms with Gasteiger partial charge in [-0.1, -0.05) is 44.5 Å². The summed E-state index contributed by atoms with van der Waals surface area (Å²) in [5, 5.41) is 0. The highest BCUT2D eigenvalue weighted by Crippen LogP contribution is 2.01. The Labute approximate surface area is 59.7 Å². The Balaban J connectivity index is 3.66. The average Bonchev–Trinajstić information content (AvgIpc) is 1.87. The number of hydrogen-bond donors (Lipinski definition) is 0. The molecule has 0 aliphatic heterocycles. The van der Waals surface area contributed by atoms with Crippen LogP contribution in [0.15, 0.2) is 24.3 Å². The largest absolute Gasteiger partial charge is 0.0877 e. The van der Waals surface area contributed by atoms with Gasteiger partial charge >= 0.3 is 0 Å². The minimum absolute atomic E-state index is 0.611. The van der Waals surface area contributed by atoms with Crippen LogP contribution < -0.4 is 0 Å². The lowest BCUT2D eigenvalue weighted by Crippen LogP contribution is -1.82. The van der Waals surface area contributed by atoms with Crippen LogP contribution in [0, 0.1) is 5.92 Å². The third-order valence-corrected chi connectivity index (χ3v) is 1.35. The van der Waals surface area contributed by atoms with Gasteiger partial charge in [0, 0.05) is 0 Å². The molecule has 0 aliphatic carbocycles. The molecule has 0 N–H and O–H groups in total. The summed E-state index contributed by atoms with van der Waals surface area (Å²) >= 11 is 0. The van der Waals surface area contributed by atoms with Gasteiger partial charge in [-0.2, -0.15) is 0 Å². The standard InChI is InChI=1S/C9H16/c1-4-6-7-8-9(3)5-2/h4,6-9H,5H2,1-3H3/b6-4-,8-7-/t9-/m1/s1/i4D. The second-order valence-electron chi connectivity index (χ2n) is 2.23. The van der Waals surface area contributed by atoms with Gasteiger partial charge in [-0.05, 0) is 12.8 Å². The van der Waals surface area contributed by atoms with Crippen molar-refractivity contribution in [1.29, 1.82) is 0 Å². The van der Waals surface area contributed by atoms with E-state index < -0.39 is 0 Å². The van der Waals surface area contributed by atoms with Gasteiger partial charge in [-0.25, -0.2) is 0 Å². The predicted molar refractivity (Wildman–Crippen MR) is 43.4 cm³/mol. The van der Waals surface area contributed by atoms with Crippen molar-refractivity contribution in [3.63, 3.8) is 0 Å². The van der Waals surface area contributed by atoms with Crippen molar-refractivity contribution in [3.05, 3.63) is 24.3 Å². The molecular weight excluding hydrogens is 108 g/mol. The summed E-state index contributed by atoms with van der Waals surface area (Å²) in [6, 6.07) is 0.611. The lowest BCUT2D eigenvalue weighted by Gasteiger charge is -1.96. The normalized spacial score (nSPS) is 18.1. The van der Waals surface area contributed by atoms with Crippen molar-refractivity contribution in [2.75, 3.05) is 0 Å². The van der Waals surface area contributed by atoms with Gasteiger partial charge in [0.25, 0.3) is 0 Å². The Bertz CT molecular complexity index is 130. The maximum absolute atomic E-state index is 7.09. The molecule has 9 heavy (non-hydrogen) atoms. The van der Waals surface area contributed by atoms with Gasteiger partial charge < -0.3 is 0 Å². The van der Waals surface area contributed by atoms with Crippen LogP contribution in [0.1, 0.15) is 28.6 Å². The van der Waals surface area contributed by atoms with E-state index in [1.807, 2.05) is 12.2 Å². The molecule has 0 heteroatoms. The maximum Gasteiger partial charge on any atom is 0.0573 e. The van der Waals surface area contributed by atoms with Crippen LogP contribution in [0.5, 0.6) is 0 Å². The van der Waals surface area contributed by atoms with Gasteiger partial charge in [-0.3, -0.25) is 0 Å². The zero-order valence-corrected chi connectivity index (χ0v) is 6.52. The Hall–Kier alpha value is -0.520. The Morgan fingerprint density at radius 2 is 2.22 bits per heavy atom. The van der Waals surface area contributed by atoms with Crippen molar-refractivity contribution in [1.82, 2.24) is 0 Å². The first kappa shape index (κ1) is 6.60. The second-order valence-corrected chi connectivity index (χ2v) is 2.23. The van der Waals surface area contributed by atoms with Crippen LogP contribution in [-0.4, -0.2) is 0 Å². The molecule has 0 nitrogen and oxygen atoms in total. The summed E-state index contributed by atoms with van der Waals surface area (Å²) < 4.78 is 7.09. The first-order chi connectivity index (χ1) is 4.66. The predicted octanol–water partition coefficient (Wildman–Crippen LogP) is 3.16. The van der Waals surface area contributed by atoms with Gasteiger partial charge in [0.15, 0.2) is 0 Å². The summed E-state index contributed by atoms with van der Waals surface area (Å²) in [4.78, 5) is 0.